The number of amides is 1. The second kappa shape index (κ2) is 3.85. The van der Waals surface area contributed by atoms with Crippen LogP contribution in [0.4, 0.5) is 0 Å². The molecule has 0 bridgehead atoms. The number of nitrogens with two attached hydrogens (primary N) is 1. The van der Waals surface area contributed by atoms with Crippen LogP contribution in [0.1, 0.15) is 10.5 Å². The minimum absolute atomic E-state index is 0.0340. The molecule has 1 amide bonds. The van der Waals surface area contributed by atoms with Gasteiger partial charge in [-0.3, -0.25) is 9.00 Å². The molecule has 0 radical (unpaired) electrons. The van der Waals surface area contributed by atoms with Crippen molar-refractivity contribution in [3.8, 4) is 0 Å². The van der Waals surface area contributed by atoms with Gasteiger partial charge >= 0.3 is 0 Å². The zero-order valence-corrected chi connectivity index (χ0v) is 8.35. The predicted octanol–water partition coefficient (Wildman–Crippen LogP) is 0.571. The average Bonchev–Trinajstić information content (AvgIpc) is 2.03. The normalized spacial score (nSPS) is 12.5. The van der Waals surface area contributed by atoms with Crippen molar-refractivity contribution >= 4 is 28.3 Å². The number of halogens is 1. The van der Waals surface area contributed by atoms with E-state index in [1.54, 1.807) is 0 Å². The summed E-state index contributed by atoms with van der Waals surface area (Å²) in [6.07, 6.45) is 1.44. The zero-order chi connectivity index (χ0) is 10.0. The highest BCUT2D eigenvalue weighted by Crippen LogP contribution is 2.13. The van der Waals surface area contributed by atoms with Gasteiger partial charge in [0.2, 0.25) is 0 Å². The van der Waals surface area contributed by atoms with Crippen LogP contribution in [0.15, 0.2) is 17.0 Å². The summed E-state index contributed by atoms with van der Waals surface area (Å²) in [4.78, 5) is 14.8. The first-order chi connectivity index (χ1) is 6.02. The maximum absolute atomic E-state index is 11.1. The Bertz CT molecular complexity index is 381. The number of aromatic nitrogens is 1. The molecule has 70 valence electrons. The highest BCUT2D eigenvalue weighted by atomic mass is 35.5. The van der Waals surface area contributed by atoms with E-state index >= 15 is 0 Å². The molecule has 6 heteroatoms. The Labute approximate surface area is 82.6 Å². The van der Waals surface area contributed by atoms with Gasteiger partial charge in [0.25, 0.3) is 5.91 Å². The first-order valence-corrected chi connectivity index (χ1v) is 5.25. The van der Waals surface area contributed by atoms with Crippen molar-refractivity contribution in [1.29, 1.82) is 0 Å². The molecule has 1 heterocycles. The smallest absolute Gasteiger partial charge is 0.268 e. The summed E-state index contributed by atoms with van der Waals surface area (Å²) in [6.45, 7) is 0. The number of nitrogens with zero attached hydrogens (tertiary/aromatic N) is 1. The van der Waals surface area contributed by atoms with Gasteiger partial charge in [-0.25, -0.2) is 4.98 Å². The van der Waals surface area contributed by atoms with Gasteiger partial charge in [-0.15, -0.1) is 0 Å². The van der Waals surface area contributed by atoms with Crippen LogP contribution in [0.5, 0.6) is 0 Å². The highest BCUT2D eigenvalue weighted by Gasteiger charge is 2.12. The third-order valence-electron chi connectivity index (χ3n) is 1.37. The fraction of sp³-hybridized carbons (Fsp3) is 0.143. The topological polar surface area (TPSA) is 73.1 Å². The van der Waals surface area contributed by atoms with E-state index in [0.717, 1.165) is 0 Å². The summed E-state index contributed by atoms with van der Waals surface area (Å²) < 4.78 is 11.1. The van der Waals surface area contributed by atoms with E-state index in [9.17, 15) is 9.00 Å². The van der Waals surface area contributed by atoms with Crippen molar-refractivity contribution < 1.29 is 9.00 Å². The third kappa shape index (κ3) is 2.26. The standard InChI is InChI=1S/C7H7ClN2O2S/c1-13(12)4-2-3-5(8)10-6(4)7(9)11/h2-3H,1H3,(H2,9,11). The Balaban J connectivity index is 3.35. The van der Waals surface area contributed by atoms with Gasteiger partial charge in [-0.2, -0.15) is 0 Å². The largest absolute Gasteiger partial charge is 0.364 e. The van der Waals surface area contributed by atoms with Gasteiger partial charge in [0, 0.05) is 6.26 Å². The molecule has 1 aromatic heterocycles. The highest BCUT2D eigenvalue weighted by molar-refractivity contribution is 7.84. The summed E-state index contributed by atoms with van der Waals surface area (Å²) in [6, 6.07) is 2.94. The lowest BCUT2D eigenvalue weighted by atomic mass is 10.3. The lowest BCUT2D eigenvalue weighted by molar-refractivity contribution is 0.0992. The lowest BCUT2D eigenvalue weighted by Crippen LogP contribution is -2.16. The van der Waals surface area contributed by atoms with E-state index in [0.29, 0.717) is 4.90 Å². The molecule has 0 spiro atoms. The van der Waals surface area contributed by atoms with Crippen LogP contribution >= 0.6 is 11.6 Å². The van der Waals surface area contributed by atoms with Crippen LogP contribution < -0.4 is 5.73 Å². The first-order valence-electron chi connectivity index (χ1n) is 3.32. The fourth-order valence-electron chi connectivity index (χ4n) is 0.831. The van der Waals surface area contributed by atoms with E-state index < -0.39 is 16.7 Å². The summed E-state index contributed by atoms with van der Waals surface area (Å²) >= 11 is 5.55. The molecule has 0 aliphatic heterocycles. The summed E-state index contributed by atoms with van der Waals surface area (Å²) in [7, 11) is -1.29. The number of primary amides is 1. The second-order valence-electron chi connectivity index (χ2n) is 2.30. The number of hydrogen-bond donors (Lipinski definition) is 1. The Kier molecular flexibility index (Phi) is 3.00. The van der Waals surface area contributed by atoms with E-state index in [-0.39, 0.29) is 10.8 Å². The minimum Gasteiger partial charge on any atom is -0.364 e. The van der Waals surface area contributed by atoms with Crippen LogP contribution in [-0.4, -0.2) is 21.4 Å². The molecule has 2 N–H and O–H groups in total. The molecule has 0 fully saturated rings. The Hall–Kier alpha value is -0.940. The Morgan fingerprint density at radius 3 is 2.69 bits per heavy atom. The SMILES string of the molecule is CS(=O)c1ccc(Cl)nc1C(N)=O. The molecule has 13 heavy (non-hydrogen) atoms. The molecule has 0 aliphatic carbocycles. The van der Waals surface area contributed by atoms with Crippen molar-refractivity contribution in [1.82, 2.24) is 4.98 Å². The van der Waals surface area contributed by atoms with Gasteiger partial charge in [0.15, 0.2) is 0 Å². The summed E-state index contributed by atoms with van der Waals surface area (Å²) in [5.41, 5.74) is 4.99. The number of hydrogen-bond acceptors (Lipinski definition) is 3. The molecule has 1 aromatic rings. The van der Waals surface area contributed by atoms with Crippen molar-refractivity contribution in [2.75, 3.05) is 6.26 Å². The van der Waals surface area contributed by atoms with Crippen LogP contribution in [0, 0.1) is 0 Å². The molecule has 4 nitrogen and oxygen atoms in total. The molecular weight excluding hydrogens is 212 g/mol. The lowest BCUT2D eigenvalue weighted by Gasteiger charge is -2.01. The van der Waals surface area contributed by atoms with E-state index in [1.165, 1.54) is 18.4 Å². The number of carbonyl (C=O) groups is 1. The second-order valence-corrected chi connectivity index (χ2v) is 4.03. The molecular formula is C7H7ClN2O2S. The van der Waals surface area contributed by atoms with Gasteiger partial charge in [0.1, 0.15) is 10.8 Å². The van der Waals surface area contributed by atoms with Gasteiger partial charge in [-0.05, 0) is 12.1 Å². The molecule has 0 aromatic carbocycles. The van der Waals surface area contributed by atoms with Crippen LogP contribution in [0.25, 0.3) is 0 Å². The van der Waals surface area contributed by atoms with Crippen molar-refractivity contribution in [2.45, 2.75) is 4.90 Å². The maximum atomic E-state index is 11.1. The first kappa shape index (κ1) is 10.1. The zero-order valence-electron chi connectivity index (χ0n) is 6.78. The van der Waals surface area contributed by atoms with Crippen molar-refractivity contribution in [2.24, 2.45) is 5.73 Å². The molecule has 1 rings (SSSR count). The van der Waals surface area contributed by atoms with Crippen molar-refractivity contribution in [3.63, 3.8) is 0 Å². The Morgan fingerprint density at radius 1 is 1.62 bits per heavy atom. The summed E-state index contributed by atoms with van der Waals surface area (Å²) in [5.74, 6) is -0.729. The number of pyridine rings is 1. The number of carbonyl (C=O) groups excluding carboxylic acids is 1. The van der Waals surface area contributed by atoms with Crippen LogP contribution in [-0.2, 0) is 10.8 Å². The molecule has 1 unspecified atom stereocenters. The third-order valence-corrected chi connectivity index (χ3v) is 2.53. The molecule has 0 saturated heterocycles. The maximum Gasteiger partial charge on any atom is 0.268 e. The predicted molar refractivity (Wildman–Crippen MR) is 50.1 cm³/mol. The molecule has 1 atom stereocenters. The fourth-order valence-corrected chi connectivity index (χ4v) is 1.66. The van der Waals surface area contributed by atoms with E-state index in [4.69, 9.17) is 17.3 Å². The average molecular weight is 219 g/mol. The number of rotatable bonds is 2. The van der Waals surface area contributed by atoms with E-state index in [1.807, 2.05) is 0 Å². The Morgan fingerprint density at radius 2 is 2.23 bits per heavy atom. The van der Waals surface area contributed by atoms with Gasteiger partial charge in [0.05, 0.1) is 15.7 Å². The summed E-state index contributed by atoms with van der Waals surface area (Å²) in [5, 5.41) is 0.156. The van der Waals surface area contributed by atoms with Crippen LogP contribution in [0.3, 0.4) is 0 Å². The van der Waals surface area contributed by atoms with Gasteiger partial charge in [-0.1, -0.05) is 11.6 Å². The minimum atomic E-state index is -1.29. The monoisotopic (exact) mass is 218 g/mol. The molecule has 0 aliphatic rings. The van der Waals surface area contributed by atoms with Gasteiger partial charge < -0.3 is 5.73 Å². The van der Waals surface area contributed by atoms with Crippen molar-refractivity contribution in [3.05, 3.63) is 23.0 Å². The molecule has 0 saturated carbocycles. The quantitative estimate of drug-likeness (QED) is 0.738. The van der Waals surface area contributed by atoms with E-state index in [2.05, 4.69) is 4.98 Å². The van der Waals surface area contributed by atoms with Crippen LogP contribution in [0.2, 0.25) is 5.15 Å².